The predicted molar refractivity (Wildman–Crippen MR) is 76.3 cm³/mol. The summed E-state index contributed by atoms with van der Waals surface area (Å²) in [6, 6.07) is 4.75. The molecule has 1 aromatic rings. The van der Waals surface area contributed by atoms with Crippen molar-refractivity contribution in [2.24, 2.45) is 0 Å². The van der Waals surface area contributed by atoms with Crippen molar-refractivity contribution >= 4 is 11.4 Å². The van der Waals surface area contributed by atoms with Gasteiger partial charge in [0.05, 0.1) is 23.7 Å². The second kappa shape index (κ2) is 7.09. The van der Waals surface area contributed by atoms with Gasteiger partial charge in [-0.3, -0.25) is 10.1 Å². The van der Waals surface area contributed by atoms with Crippen molar-refractivity contribution in [1.29, 1.82) is 0 Å². The van der Waals surface area contributed by atoms with E-state index < -0.39 is 4.92 Å². The Morgan fingerprint density at radius 2 is 2.35 bits per heavy atom. The summed E-state index contributed by atoms with van der Waals surface area (Å²) in [4.78, 5) is 10.5. The highest BCUT2D eigenvalue weighted by Gasteiger charge is 2.15. The summed E-state index contributed by atoms with van der Waals surface area (Å²) in [7, 11) is 0. The molecule has 1 aliphatic rings. The van der Waals surface area contributed by atoms with Gasteiger partial charge in [0.15, 0.2) is 0 Å². The molecule has 1 aliphatic heterocycles. The summed E-state index contributed by atoms with van der Waals surface area (Å²) in [5.41, 5.74) is 0.746. The molecule has 0 saturated carbocycles. The number of nitrogens with zero attached hydrogens (tertiary/aromatic N) is 1. The first kappa shape index (κ1) is 14.6. The largest absolute Gasteiger partial charge is 0.494 e. The Hall–Kier alpha value is -1.82. The molecule has 0 amide bonds. The van der Waals surface area contributed by atoms with E-state index in [0.717, 1.165) is 32.4 Å². The summed E-state index contributed by atoms with van der Waals surface area (Å²) in [6.07, 6.45) is 3.44. The number of non-ortho nitro benzene ring substituents is 1. The molecule has 1 fully saturated rings. The van der Waals surface area contributed by atoms with E-state index in [-0.39, 0.29) is 5.69 Å². The Morgan fingerprint density at radius 3 is 3.00 bits per heavy atom. The number of benzene rings is 1. The number of nitro groups is 1. The zero-order valence-corrected chi connectivity index (χ0v) is 11.6. The van der Waals surface area contributed by atoms with Crippen LogP contribution in [0, 0.1) is 10.1 Å². The Labute approximate surface area is 118 Å². The van der Waals surface area contributed by atoms with E-state index in [9.17, 15) is 10.1 Å². The maximum Gasteiger partial charge on any atom is 0.275 e. The van der Waals surface area contributed by atoms with E-state index >= 15 is 0 Å². The van der Waals surface area contributed by atoms with Crippen LogP contribution in [0.15, 0.2) is 18.2 Å². The monoisotopic (exact) mass is 280 g/mol. The molecule has 0 radical (unpaired) electrons. The van der Waals surface area contributed by atoms with Gasteiger partial charge < -0.3 is 14.8 Å². The molecule has 2 rings (SSSR count). The van der Waals surface area contributed by atoms with E-state index in [0.29, 0.717) is 24.1 Å². The molecule has 20 heavy (non-hydrogen) atoms. The number of ether oxygens (including phenoxy) is 2. The highest BCUT2D eigenvalue weighted by atomic mass is 16.6. The molecule has 110 valence electrons. The Kier molecular flexibility index (Phi) is 5.17. The highest BCUT2D eigenvalue weighted by Crippen LogP contribution is 2.26. The van der Waals surface area contributed by atoms with Gasteiger partial charge >= 0.3 is 0 Å². The lowest BCUT2D eigenvalue weighted by Crippen LogP contribution is -2.12. The number of nitrogens with one attached hydrogen (secondary N) is 1. The maximum absolute atomic E-state index is 10.9. The van der Waals surface area contributed by atoms with E-state index in [4.69, 9.17) is 9.47 Å². The van der Waals surface area contributed by atoms with Gasteiger partial charge in [0.2, 0.25) is 0 Å². The van der Waals surface area contributed by atoms with Gasteiger partial charge in [-0.1, -0.05) is 0 Å². The summed E-state index contributed by atoms with van der Waals surface area (Å²) >= 11 is 0. The van der Waals surface area contributed by atoms with Crippen LogP contribution < -0.4 is 10.1 Å². The molecule has 1 saturated heterocycles. The van der Waals surface area contributed by atoms with Crippen LogP contribution in [0.4, 0.5) is 11.4 Å². The fourth-order valence-electron chi connectivity index (χ4n) is 2.29. The minimum atomic E-state index is -0.409. The standard InChI is InChI=1S/C14H20N2O4/c1-2-19-14-9-11(8-12(10-14)16(17)18)15-6-5-13-4-3-7-20-13/h8-10,13,15H,2-7H2,1H3. The molecule has 0 aliphatic carbocycles. The van der Waals surface area contributed by atoms with Crippen LogP contribution >= 0.6 is 0 Å². The minimum Gasteiger partial charge on any atom is -0.494 e. The van der Waals surface area contributed by atoms with Gasteiger partial charge in [-0.2, -0.15) is 0 Å². The third-order valence-electron chi connectivity index (χ3n) is 3.23. The molecule has 0 aromatic heterocycles. The van der Waals surface area contributed by atoms with Crippen molar-refractivity contribution < 1.29 is 14.4 Å². The number of rotatable bonds is 7. The average molecular weight is 280 g/mol. The van der Waals surface area contributed by atoms with Crippen LogP contribution in [0.1, 0.15) is 26.2 Å². The molecular weight excluding hydrogens is 260 g/mol. The quantitative estimate of drug-likeness (QED) is 0.614. The second-order valence-electron chi connectivity index (χ2n) is 4.76. The van der Waals surface area contributed by atoms with Crippen LogP contribution in [0.3, 0.4) is 0 Å². The molecular formula is C14H20N2O4. The van der Waals surface area contributed by atoms with Crippen molar-refractivity contribution in [1.82, 2.24) is 0 Å². The first-order chi connectivity index (χ1) is 9.69. The molecule has 1 atom stereocenters. The van der Waals surface area contributed by atoms with Crippen molar-refractivity contribution in [3.63, 3.8) is 0 Å². The lowest BCUT2D eigenvalue weighted by molar-refractivity contribution is -0.384. The Morgan fingerprint density at radius 1 is 1.50 bits per heavy atom. The average Bonchev–Trinajstić information content (AvgIpc) is 2.92. The van der Waals surface area contributed by atoms with Gasteiger partial charge in [-0.25, -0.2) is 0 Å². The lowest BCUT2D eigenvalue weighted by Gasteiger charge is -2.12. The molecule has 6 heteroatoms. The first-order valence-corrected chi connectivity index (χ1v) is 6.97. The Bertz CT molecular complexity index is 458. The zero-order chi connectivity index (χ0) is 14.4. The van der Waals surface area contributed by atoms with Crippen LogP contribution in [0.2, 0.25) is 0 Å². The van der Waals surface area contributed by atoms with Gasteiger partial charge in [0, 0.05) is 31.0 Å². The number of hydrogen-bond donors (Lipinski definition) is 1. The summed E-state index contributed by atoms with van der Waals surface area (Å²) in [5, 5.41) is 14.1. The maximum atomic E-state index is 10.9. The molecule has 0 spiro atoms. The summed E-state index contributed by atoms with van der Waals surface area (Å²) < 4.78 is 10.9. The van der Waals surface area contributed by atoms with Crippen LogP contribution in [0.5, 0.6) is 5.75 Å². The van der Waals surface area contributed by atoms with Gasteiger partial charge in [0.25, 0.3) is 5.69 Å². The van der Waals surface area contributed by atoms with Crippen molar-refractivity contribution in [3.8, 4) is 5.75 Å². The number of hydrogen-bond acceptors (Lipinski definition) is 5. The molecule has 6 nitrogen and oxygen atoms in total. The van der Waals surface area contributed by atoms with Gasteiger partial charge in [-0.15, -0.1) is 0 Å². The fraction of sp³-hybridized carbons (Fsp3) is 0.571. The lowest BCUT2D eigenvalue weighted by atomic mass is 10.2. The molecule has 1 N–H and O–H groups in total. The van der Waals surface area contributed by atoms with Crippen LogP contribution in [-0.2, 0) is 4.74 Å². The van der Waals surface area contributed by atoms with E-state index in [1.165, 1.54) is 12.1 Å². The first-order valence-electron chi connectivity index (χ1n) is 6.97. The fourth-order valence-corrected chi connectivity index (χ4v) is 2.29. The van der Waals surface area contributed by atoms with E-state index in [2.05, 4.69) is 5.32 Å². The smallest absolute Gasteiger partial charge is 0.275 e. The molecule has 0 bridgehead atoms. The topological polar surface area (TPSA) is 73.6 Å². The summed E-state index contributed by atoms with van der Waals surface area (Å²) in [6.45, 7) is 3.91. The second-order valence-corrected chi connectivity index (χ2v) is 4.76. The molecule has 1 heterocycles. The molecule has 1 aromatic carbocycles. The van der Waals surface area contributed by atoms with Crippen molar-refractivity contribution in [2.75, 3.05) is 25.1 Å². The highest BCUT2D eigenvalue weighted by molar-refractivity contribution is 5.56. The van der Waals surface area contributed by atoms with Crippen LogP contribution in [0.25, 0.3) is 0 Å². The van der Waals surface area contributed by atoms with E-state index in [1.807, 2.05) is 6.92 Å². The SMILES string of the molecule is CCOc1cc(NCCC2CCCO2)cc([N+](=O)[O-])c1. The van der Waals surface area contributed by atoms with Crippen molar-refractivity contribution in [2.45, 2.75) is 32.3 Å². The molecule has 1 unspecified atom stereocenters. The van der Waals surface area contributed by atoms with Crippen LogP contribution in [-0.4, -0.2) is 30.8 Å². The van der Waals surface area contributed by atoms with E-state index in [1.54, 1.807) is 6.07 Å². The van der Waals surface area contributed by atoms with Crippen molar-refractivity contribution in [3.05, 3.63) is 28.3 Å². The zero-order valence-electron chi connectivity index (χ0n) is 11.6. The Balaban J connectivity index is 1.96. The minimum absolute atomic E-state index is 0.0376. The van der Waals surface area contributed by atoms with Gasteiger partial charge in [-0.05, 0) is 26.2 Å². The van der Waals surface area contributed by atoms with Gasteiger partial charge in [0.1, 0.15) is 5.75 Å². The number of nitro benzene ring substituents is 1. The summed E-state index contributed by atoms with van der Waals surface area (Å²) in [5.74, 6) is 0.515. The predicted octanol–water partition coefficient (Wildman–Crippen LogP) is 2.97. The third kappa shape index (κ3) is 4.09. The third-order valence-corrected chi connectivity index (χ3v) is 3.23. The number of anilines is 1. The normalized spacial score (nSPS) is 17.9.